The fourth-order valence-corrected chi connectivity index (χ4v) is 1.99. The fraction of sp³-hybridized carbons (Fsp3) is 0.385. The number of ether oxygens (including phenoxy) is 1. The number of amides is 1. The van der Waals surface area contributed by atoms with Crippen molar-refractivity contribution in [2.45, 2.75) is 26.4 Å². The van der Waals surface area contributed by atoms with Gasteiger partial charge in [-0.05, 0) is 25.5 Å². The molecular formula is C13H16N4O2S. The molecule has 2 heterocycles. The lowest BCUT2D eigenvalue weighted by molar-refractivity contribution is -0.122. The molecule has 2 aromatic rings. The van der Waals surface area contributed by atoms with Gasteiger partial charge in [-0.2, -0.15) is 9.36 Å². The molecule has 1 N–H and O–H groups in total. The zero-order valence-corrected chi connectivity index (χ0v) is 12.2. The van der Waals surface area contributed by atoms with E-state index in [-0.39, 0.29) is 18.6 Å². The molecule has 0 aliphatic carbocycles. The summed E-state index contributed by atoms with van der Waals surface area (Å²) >= 11 is 1.14. The van der Waals surface area contributed by atoms with Crippen LogP contribution in [-0.2, 0) is 9.53 Å². The van der Waals surface area contributed by atoms with Crippen molar-refractivity contribution in [3.8, 4) is 11.4 Å². The third kappa shape index (κ3) is 4.07. The van der Waals surface area contributed by atoms with E-state index in [1.54, 1.807) is 12.4 Å². The molecule has 2 aromatic heterocycles. The minimum Gasteiger partial charge on any atom is -0.369 e. The lowest BCUT2D eigenvalue weighted by atomic mass is 10.3. The van der Waals surface area contributed by atoms with Crippen LogP contribution in [0.15, 0.2) is 24.5 Å². The quantitative estimate of drug-likeness (QED) is 0.884. The van der Waals surface area contributed by atoms with E-state index in [0.717, 1.165) is 23.5 Å². The first kappa shape index (κ1) is 14.5. The average Bonchev–Trinajstić information content (AvgIpc) is 2.94. The highest BCUT2D eigenvalue weighted by Crippen LogP contribution is 2.20. The molecule has 0 bridgehead atoms. The molecule has 6 nitrogen and oxygen atoms in total. The van der Waals surface area contributed by atoms with E-state index < -0.39 is 0 Å². The summed E-state index contributed by atoms with van der Waals surface area (Å²) < 4.78 is 9.55. The van der Waals surface area contributed by atoms with Crippen LogP contribution in [0.3, 0.4) is 0 Å². The smallest absolute Gasteiger partial charge is 0.252 e. The highest BCUT2D eigenvalue weighted by molar-refractivity contribution is 7.10. The molecule has 20 heavy (non-hydrogen) atoms. The van der Waals surface area contributed by atoms with Gasteiger partial charge in [0.1, 0.15) is 6.61 Å². The number of hydrogen-bond donors (Lipinski definition) is 1. The minimum atomic E-state index is -0.220. The van der Waals surface area contributed by atoms with E-state index in [2.05, 4.69) is 19.7 Å². The lowest BCUT2D eigenvalue weighted by Crippen LogP contribution is -2.21. The van der Waals surface area contributed by atoms with Crippen molar-refractivity contribution < 1.29 is 9.53 Å². The maximum Gasteiger partial charge on any atom is 0.252 e. The van der Waals surface area contributed by atoms with Gasteiger partial charge >= 0.3 is 0 Å². The van der Waals surface area contributed by atoms with Gasteiger partial charge in [0.2, 0.25) is 5.13 Å². The summed E-state index contributed by atoms with van der Waals surface area (Å²) in [4.78, 5) is 19.9. The Hall–Kier alpha value is -1.86. The number of nitrogens with one attached hydrogen (secondary N) is 1. The van der Waals surface area contributed by atoms with Gasteiger partial charge in [-0.3, -0.25) is 15.1 Å². The SMILES string of the molecule is CC[C@@H](C)OCC(=O)Nc1nc(-c2ccncc2)ns1. The van der Waals surface area contributed by atoms with Crippen molar-refractivity contribution in [2.75, 3.05) is 11.9 Å². The maximum atomic E-state index is 11.7. The van der Waals surface area contributed by atoms with Crippen molar-refractivity contribution >= 4 is 22.6 Å². The molecule has 0 spiro atoms. The van der Waals surface area contributed by atoms with Crippen LogP contribution < -0.4 is 5.32 Å². The van der Waals surface area contributed by atoms with Crippen LogP contribution in [0.5, 0.6) is 0 Å². The van der Waals surface area contributed by atoms with E-state index in [9.17, 15) is 4.79 Å². The number of nitrogens with zero attached hydrogens (tertiary/aromatic N) is 3. The molecule has 106 valence electrons. The summed E-state index contributed by atoms with van der Waals surface area (Å²) in [6.45, 7) is 3.97. The summed E-state index contributed by atoms with van der Waals surface area (Å²) in [5.74, 6) is 0.360. The Morgan fingerprint density at radius 1 is 1.45 bits per heavy atom. The predicted molar refractivity (Wildman–Crippen MR) is 77.5 cm³/mol. The number of carbonyl (C=O) groups excluding carboxylic acids is 1. The summed E-state index contributed by atoms with van der Waals surface area (Å²) in [6.07, 6.45) is 4.30. The van der Waals surface area contributed by atoms with E-state index >= 15 is 0 Å². The largest absolute Gasteiger partial charge is 0.369 e. The second kappa shape index (κ2) is 7.06. The molecule has 0 aromatic carbocycles. The zero-order valence-electron chi connectivity index (χ0n) is 11.4. The Balaban J connectivity index is 1.91. The van der Waals surface area contributed by atoms with Crippen LogP contribution in [0.1, 0.15) is 20.3 Å². The van der Waals surface area contributed by atoms with Crippen molar-refractivity contribution in [1.29, 1.82) is 0 Å². The van der Waals surface area contributed by atoms with Crippen LogP contribution in [-0.4, -0.2) is 33.0 Å². The normalized spacial score (nSPS) is 12.1. The van der Waals surface area contributed by atoms with Gasteiger partial charge in [-0.1, -0.05) is 6.92 Å². The number of hydrogen-bond acceptors (Lipinski definition) is 6. The van der Waals surface area contributed by atoms with Gasteiger partial charge in [0, 0.05) is 29.5 Å². The molecule has 1 amide bonds. The van der Waals surface area contributed by atoms with Gasteiger partial charge in [-0.15, -0.1) is 0 Å². The Labute approximate surface area is 121 Å². The van der Waals surface area contributed by atoms with E-state index in [1.807, 2.05) is 26.0 Å². The second-order valence-corrected chi connectivity index (χ2v) is 4.99. The number of rotatable bonds is 6. The van der Waals surface area contributed by atoms with Crippen molar-refractivity contribution in [3.63, 3.8) is 0 Å². The Morgan fingerprint density at radius 2 is 2.20 bits per heavy atom. The van der Waals surface area contributed by atoms with Crippen molar-refractivity contribution in [3.05, 3.63) is 24.5 Å². The molecular weight excluding hydrogens is 276 g/mol. The molecule has 0 aliphatic rings. The summed E-state index contributed by atoms with van der Waals surface area (Å²) in [5.41, 5.74) is 0.868. The van der Waals surface area contributed by atoms with Crippen molar-refractivity contribution in [2.24, 2.45) is 0 Å². The molecule has 0 radical (unpaired) electrons. The first-order valence-corrected chi connectivity index (χ1v) is 7.12. The van der Waals surface area contributed by atoms with Crippen LogP contribution >= 0.6 is 11.5 Å². The number of pyridine rings is 1. The highest BCUT2D eigenvalue weighted by atomic mass is 32.1. The second-order valence-electron chi connectivity index (χ2n) is 4.24. The van der Waals surface area contributed by atoms with Crippen molar-refractivity contribution in [1.82, 2.24) is 14.3 Å². The van der Waals surface area contributed by atoms with Crippen LogP contribution in [0.25, 0.3) is 11.4 Å². The van der Waals surface area contributed by atoms with Gasteiger partial charge in [0.25, 0.3) is 5.91 Å². The fourth-order valence-electron chi connectivity index (χ4n) is 1.38. The molecule has 0 saturated carbocycles. The van der Waals surface area contributed by atoms with E-state index in [0.29, 0.717) is 11.0 Å². The van der Waals surface area contributed by atoms with Gasteiger partial charge in [0.05, 0.1) is 6.10 Å². The summed E-state index contributed by atoms with van der Waals surface area (Å²) in [5, 5.41) is 3.14. The first-order valence-electron chi connectivity index (χ1n) is 6.34. The third-order valence-corrected chi connectivity index (χ3v) is 3.32. The van der Waals surface area contributed by atoms with E-state index in [1.165, 1.54) is 0 Å². The number of anilines is 1. The molecule has 0 fully saturated rings. The predicted octanol–water partition coefficient (Wildman–Crippen LogP) is 2.35. The third-order valence-electron chi connectivity index (χ3n) is 2.68. The van der Waals surface area contributed by atoms with Crippen LogP contribution in [0.2, 0.25) is 0 Å². The topological polar surface area (TPSA) is 77.0 Å². The molecule has 0 saturated heterocycles. The molecule has 0 aliphatic heterocycles. The first-order chi connectivity index (χ1) is 9.69. The number of carbonyl (C=O) groups is 1. The molecule has 1 atom stereocenters. The average molecular weight is 292 g/mol. The Kier molecular flexibility index (Phi) is 5.14. The highest BCUT2D eigenvalue weighted by Gasteiger charge is 2.10. The maximum absolute atomic E-state index is 11.7. The minimum absolute atomic E-state index is 0.0270. The lowest BCUT2D eigenvalue weighted by Gasteiger charge is -2.09. The monoisotopic (exact) mass is 292 g/mol. The zero-order chi connectivity index (χ0) is 14.4. The van der Waals surface area contributed by atoms with Gasteiger partial charge in [-0.25, -0.2) is 0 Å². The Morgan fingerprint density at radius 3 is 2.90 bits per heavy atom. The molecule has 2 rings (SSSR count). The van der Waals surface area contributed by atoms with Gasteiger partial charge < -0.3 is 4.74 Å². The van der Waals surface area contributed by atoms with E-state index in [4.69, 9.17) is 4.74 Å². The van der Waals surface area contributed by atoms with Gasteiger partial charge in [0.15, 0.2) is 5.82 Å². The van der Waals surface area contributed by atoms with Crippen LogP contribution in [0.4, 0.5) is 5.13 Å². The summed E-state index contributed by atoms with van der Waals surface area (Å²) in [7, 11) is 0. The Bertz CT molecular complexity index is 559. The number of aromatic nitrogens is 3. The standard InChI is InChI=1S/C13H16N4O2S/c1-3-9(2)19-8-11(18)15-13-16-12(17-20-13)10-4-6-14-7-5-10/h4-7,9H,3,8H2,1-2H3,(H,15,16,17,18)/t9-/m1/s1. The van der Waals surface area contributed by atoms with Crippen LogP contribution in [0, 0.1) is 0 Å². The summed E-state index contributed by atoms with van der Waals surface area (Å²) in [6, 6.07) is 3.64. The molecule has 7 heteroatoms. The molecule has 0 unspecified atom stereocenters.